The Morgan fingerprint density at radius 2 is 2.00 bits per heavy atom. The van der Waals surface area contributed by atoms with E-state index in [0.29, 0.717) is 30.7 Å². The summed E-state index contributed by atoms with van der Waals surface area (Å²) in [5.41, 5.74) is 8.52. The molecule has 3 rings (SSSR count). The van der Waals surface area contributed by atoms with Crippen LogP contribution in [0.4, 0.5) is 10.5 Å². The Bertz CT molecular complexity index is 838. The van der Waals surface area contributed by atoms with Crippen LogP contribution < -0.4 is 10.5 Å². The van der Waals surface area contributed by atoms with Gasteiger partial charge >= 0.3 is 6.09 Å². The van der Waals surface area contributed by atoms with Crippen molar-refractivity contribution in [2.75, 3.05) is 19.5 Å². The molecule has 2 unspecified atom stereocenters. The topological polar surface area (TPSA) is 81.9 Å². The maximum Gasteiger partial charge on any atom is 0.416 e. The molecule has 0 aliphatic carbocycles. The Balaban J connectivity index is 1.74. The van der Waals surface area contributed by atoms with Crippen LogP contribution in [0.15, 0.2) is 48.5 Å². The van der Waals surface area contributed by atoms with Crippen LogP contribution in [0.2, 0.25) is 0 Å². The number of cyclic esters (lactones) is 1. The molecule has 0 radical (unpaired) electrons. The number of nitrogen functional groups attached to an aromatic ring is 1. The first-order chi connectivity index (χ1) is 13.5. The highest BCUT2D eigenvalue weighted by atomic mass is 16.6. The number of benzene rings is 2. The molecular formula is C22H26N2O4. The molecule has 1 aliphatic rings. The van der Waals surface area contributed by atoms with Gasteiger partial charge in [0.25, 0.3) is 0 Å². The molecular weight excluding hydrogens is 356 g/mol. The van der Waals surface area contributed by atoms with Gasteiger partial charge in [-0.25, -0.2) is 9.69 Å². The molecule has 1 fully saturated rings. The molecule has 1 aliphatic heterocycles. The number of hydrogen-bond donors (Lipinski definition) is 1. The summed E-state index contributed by atoms with van der Waals surface area (Å²) in [5, 5.41) is 0. The second-order valence-electron chi connectivity index (χ2n) is 7.01. The minimum Gasteiger partial charge on any atom is -0.495 e. The summed E-state index contributed by atoms with van der Waals surface area (Å²) < 4.78 is 10.4. The summed E-state index contributed by atoms with van der Waals surface area (Å²) in [6.07, 6.45) is 1.15. The third-order valence-electron chi connectivity index (χ3n) is 5.13. The highest BCUT2D eigenvalue weighted by molar-refractivity contribution is 5.95. The van der Waals surface area contributed by atoms with E-state index in [1.54, 1.807) is 13.2 Å². The van der Waals surface area contributed by atoms with Crippen molar-refractivity contribution in [3.8, 4) is 5.75 Å². The number of nitrogens with zero attached hydrogens (tertiary/aromatic N) is 1. The van der Waals surface area contributed by atoms with Gasteiger partial charge in [0.15, 0.2) is 0 Å². The highest BCUT2D eigenvalue weighted by Crippen LogP contribution is 2.26. The van der Waals surface area contributed by atoms with E-state index in [2.05, 4.69) is 0 Å². The molecule has 2 N–H and O–H groups in total. The van der Waals surface area contributed by atoms with Gasteiger partial charge in [-0.3, -0.25) is 4.79 Å². The van der Waals surface area contributed by atoms with Crippen molar-refractivity contribution in [1.29, 1.82) is 0 Å². The predicted molar refractivity (Wildman–Crippen MR) is 107 cm³/mol. The number of ether oxygens (including phenoxy) is 2. The third kappa shape index (κ3) is 4.27. The summed E-state index contributed by atoms with van der Waals surface area (Å²) in [6, 6.07) is 15.0. The lowest BCUT2D eigenvalue weighted by molar-refractivity contribution is -0.133. The number of anilines is 1. The quantitative estimate of drug-likeness (QED) is 0.742. The fraction of sp³-hybridized carbons (Fsp3) is 0.364. The first-order valence-corrected chi connectivity index (χ1v) is 9.49. The average Bonchev–Trinajstić information content (AvgIpc) is 3.06. The first kappa shape index (κ1) is 19.7. The SMILES string of the molecule is CCC(Cc1ccc(OC)c(N)c1)C(=O)N1C(=O)OCC1Cc1ccccc1. The van der Waals surface area contributed by atoms with Crippen molar-refractivity contribution in [3.05, 3.63) is 59.7 Å². The van der Waals surface area contributed by atoms with Gasteiger partial charge in [-0.15, -0.1) is 0 Å². The predicted octanol–water partition coefficient (Wildman–Crippen LogP) is 3.44. The minimum absolute atomic E-state index is 0.194. The lowest BCUT2D eigenvalue weighted by Gasteiger charge is -2.24. The zero-order chi connectivity index (χ0) is 20.1. The van der Waals surface area contributed by atoms with E-state index in [0.717, 1.165) is 11.1 Å². The van der Waals surface area contributed by atoms with Crippen molar-refractivity contribution in [2.45, 2.75) is 32.2 Å². The van der Waals surface area contributed by atoms with Crippen LogP contribution in [-0.4, -0.2) is 36.7 Å². The van der Waals surface area contributed by atoms with E-state index >= 15 is 0 Å². The monoisotopic (exact) mass is 382 g/mol. The van der Waals surface area contributed by atoms with Crippen LogP contribution in [-0.2, 0) is 22.4 Å². The molecule has 6 nitrogen and oxygen atoms in total. The second kappa shape index (κ2) is 8.78. The number of nitrogens with two attached hydrogens (primary N) is 1. The normalized spacial score (nSPS) is 17.3. The fourth-order valence-corrected chi connectivity index (χ4v) is 3.57. The molecule has 2 atom stereocenters. The maximum atomic E-state index is 13.2. The van der Waals surface area contributed by atoms with Crippen LogP contribution in [0.3, 0.4) is 0 Å². The summed E-state index contributed by atoms with van der Waals surface area (Å²) in [4.78, 5) is 26.7. The van der Waals surface area contributed by atoms with Crippen molar-refractivity contribution in [2.24, 2.45) is 5.92 Å². The van der Waals surface area contributed by atoms with E-state index in [-0.39, 0.29) is 24.5 Å². The van der Waals surface area contributed by atoms with Crippen LogP contribution in [0.5, 0.6) is 5.75 Å². The van der Waals surface area contributed by atoms with Gasteiger partial charge in [-0.05, 0) is 42.5 Å². The van der Waals surface area contributed by atoms with Gasteiger partial charge in [-0.2, -0.15) is 0 Å². The van der Waals surface area contributed by atoms with Gasteiger partial charge < -0.3 is 15.2 Å². The van der Waals surface area contributed by atoms with Crippen LogP contribution in [0, 0.1) is 5.92 Å². The Labute approximate surface area is 165 Å². The van der Waals surface area contributed by atoms with Gasteiger partial charge in [0.2, 0.25) is 5.91 Å². The molecule has 1 saturated heterocycles. The van der Waals surface area contributed by atoms with E-state index < -0.39 is 6.09 Å². The number of hydrogen-bond acceptors (Lipinski definition) is 5. The molecule has 2 aromatic carbocycles. The van der Waals surface area contributed by atoms with E-state index in [4.69, 9.17) is 15.2 Å². The van der Waals surface area contributed by atoms with Crippen molar-refractivity contribution < 1.29 is 19.1 Å². The Morgan fingerprint density at radius 3 is 2.64 bits per heavy atom. The molecule has 28 heavy (non-hydrogen) atoms. The van der Waals surface area contributed by atoms with Crippen molar-refractivity contribution in [3.63, 3.8) is 0 Å². The van der Waals surface area contributed by atoms with Gasteiger partial charge in [0.05, 0.1) is 18.8 Å². The fourth-order valence-electron chi connectivity index (χ4n) is 3.57. The largest absolute Gasteiger partial charge is 0.495 e. The minimum atomic E-state index is -0.557. The van der Waals surface area contributed by atoms with Gasteiger partial charge in [-0.1, -0.05) is 43.3 Å². The molecule has 6 heteroatoms. The Kier molecular flexibility index (Phi) is 6.19. The summed E-state index contributed by atoms with van der Waals surface area (Å²) in [7, 11) is 1.57. The lowest BCUT2D eigenvalue weighted by Crippen LogP contribution is -2.44. The van der Waals surface area contributed by atoms with E-state index in [9.17, 15) is 9.59 Å². The smallest absolute Gasteiger partial charge is 0.416 e. The number of amides is 2. The molecule has 0 bridgehead atoms. The lowest BCUT2D eigenvalue weighted by atomic mass is 9.94. The molecule has 2 amide bonds. The van der Waals surface area contributed by atoms with Crippen LogP contribution in [0.1, 0.15) is 24.5 Å². The number of carbonyl (C=O) groups excluding carboxylic acids is 2. The summed E-state index contributed by atoms with van der Waals surface area (Å²) >= 11 is 0. The zero-order valence-electron chi connectivity index (χ0n) is 16.3. The summed E-state index contributed by atoms with van der Waals surface area (Å²) in [6.45, 7) is 2.18. The number of imide groups is 1. The third-order valence-corrected chi connectivity index (χ3v) is 5.13. The molecule has 0 saturated carbocycles. The molecule has 2 aromatic rings. The molecule has 148 valence electrons. The molecule has 1 heterocycles. The summed E-state index contributed by atoms with van der Waals surface area (Å²) in [5.74, 6) is 0.0891. The standard InChI is InChI=1S/C22H26N2O4/c1-3-17(11-16-9-10-20(27-2)19(23)13-16)21(25)24-18(14-28-22(24)26)12-15-7-5-4-6-8-15/h4-10,13,17-18H,3,11-12,14,23H2,1-2H3. The van der Waals surface area contributed by atoms with Crippen LogP contribution >= 0.6 is 0 Å². The first-order valence-electron chi connectivity index (χ1n) is 9.49. The molecule has 0 aromatic heterocycles. The second-order valence-corrected chi connectivity index (χ2v) is 7.01. The van der Waals surface area contributed by atoms with Gasteiger partial charge in [0.1, 0.15) is 12.4 Å². The van der Waals surface area contributed by atoms with E-state index in [1.807, 2.05) is 49.4 Å². The van der Waals surface area contributed by atoms with Crippen molar-refractivity contribution >= 4 is 17.7 Å². The number of carbonyl (C=O) groups is 2. The highest BCUT2D eigenvalue weighted by Gasteiger charge is 2.40. The molecule has 0 spiro atoms. The van der Waals surface area contributed by atoms with Crippen LogP contribution in [0.25, 0.3) is 0 Å². The average molecular weight is 382 g/mol. The zero-order valence-corrected chi connectivity index (χ0v) is 16.3. The van der Waals surface area contributed by atoms with Crippen molar-refractivity contribution in [1.82, 2.24) is 4.90 Å². The van der Waals surface area contributed by atoms with E-state index in [1.165, 1.54) is 4.90 Å². The Morgan fingerprint density at radius 1 is 1.25 bits per heavy atom. The number of methoxy groups -OCH3 is 1. The maximum absolute atomic E-state index is 13.2. The van der Waals surface area contributed by atoms with Gasteiger partial charge in [0, 0.05) is 5.92 Å². The number of rotatable bonds is 7. The Hall–Kier alpha value is -3.02.